The molecular weight excluding hydrogens is 355 g/mol. The maximum Gasteiger partial charge on any atom is 0.261 e. The van der Waals surface area contributed by atoms with Crippen LogP contribution < -0.4 is 10.3 Å². The van der Waals surface area contributed by atoms with E-state index in [-0.39, 0.29) is 11.5 Å². The van der Waals surface area contributed by atoms with Crippen LogP contribution in [0, 0.1) is 11.7 Å². The molecule has 2 fully saturated rings. The number of aromatic amines is 1. The van der Waals surface area contributed by atoms with E-state index < -0.39 is 11.4 Å². The highest BCUT2D eigenvalue weighted by Crippen LogP contribution is 2.31. The fraction of sp³-hybridized carbons (Fsp3) is 0.579. The number of aliphatic hydroxyl groups is 1. The van der Waals surface area contributed by atoms with Crippen molar-refractivity contribution in [3.8, 4) is 5.75 Å². The highest BCUT2D eigenvalue weighted by atomic mass is 32.2. The molecule has 0 amide bonds. The molecule has 2 aromatic rings. The van der Waals surface area contributed by atoms with Gasteiger partial charge in [-0.15, -0.1) is 0 Å². The van der Waals surface area contributed by atoms with E-state index in [2.05, 4.69) is 9.97 Å². The minimum atomic E-state index is -0.595. The molecule has 0 bridgehead atoms. The molecule has 2 aliphatic carbocycles. The summed E-state index contributed by atoms with van der Waals surface area (Å²) in [5, 5.41) is 10.0. The van der Waals surface area contributed by atoms with E-state index in [1.54, 1.807) is 17.8 Å². The molecule has 2 aliphatic rings. The number of rotatable bonds is 6. The third-order valence-electron chi connectivity index (χ3n) is 5.07. The Morgan fingerprint density at radius 3 is 2.73 bits per heavy atom. The number of aromatic nitrogens is 2. The first-order chi connectivity index (χ1) is 12.6. The van der Waals surface area contributed by atoms with Gasteiger partial charge in [0.2, 0.25) is 0 Å². The molecule has 0 spiro atoms. The molecule has 7 heteroatoms. The number of halogens is 1. The molecule has 5 nitrogen and oxygen atoms in total. The van der Waals surface area contributed by atoms with Crippen LogP contribution in [0.2, 0.25) is 0 Å². The number of hydrogen-bond acceptors (Lipinski definition) is 5. The molecule has 4 rings (SSSR count). The van der Waals surface area contributed by atoms with E-state index in [0.717, 1.165) is 38.5 Å². The molecule has 0 saturated heterocycles. The Bertz CT molecular complexity index is 845. The number of H-pyrrole nitrogens is 1. The Balaban J connectivity index is 1.50. The number of hydrogen-bond donors (Lipinski definition) is 2. The van der Waals surface area contributed by atoms with Crippen LogP contribution in [0.1, 0.15) is 44.3 Å². The molecule has 0 unspecified atom stereocenters. The van der Waals surface area contributed by atoms with Gasteiger partial charge in [0.05, 0.1) is 24.0 Å². The van der Waals surface area contributed by atoms with Crippen molar-refractivity contribution >= 4 is 22.7 Å². The van der Waals surface area contributed by atoms with Crippen LogP contribution in [0.3, 0.4) is 0 Å². The maximum atomic E-state index is 14.3. The van der Waals surface area contributed by atoms with Gasteiger partial charge in [0.1, 0.15) is 22.8 Å². The van der Waals surface area contributed by atoms with E-state index in [0.29, 0.717) is 40.6 Å². The Morgan fingerprint density at radius 2 is 2.00 bits per heavy atom. The van der Waals surface area contributed by atoms with Gasteiger partial charge in [0.15, 0.2) is 0 Å². The van der Waals surface area contributed by atoms with Gasteiger partial charge in [-0.1, -0.05) is 0 Å². The maximum absolute atomic E-state index is 14.3. The second-order valence-electron chi connectivity index (χ2n) is 7.31. The van der Waals surface area contributed by atoms with Crippen LogP contribution in [0.15, 0.2) is 16.9 Å². The quantitative estimate of drug-likeness (QED) is 0.806. The largest absolute Gasteiger partial charge is 0.493 e. The molecule has 1 aromatic carbocycles. The Kier molecular flexibility index (Phi) is 5.18. The first kappa shape index (κ1) is 17.8. The molecule has 1 aromatic heterocycles. The zero-order valence-corrected chi connectivity index (χ0v) is 15.4. The first-order valence-corrected chi connectivity index (χ1v) is 10.3. The van der Waals surface area contributed by atoms with E-state index >= 15 is 0 Å². The number of fused-ring (bicyclic) bond motifs is 1. The molecule has 2 N–H and O–H groups in total. The number of ether oxygens (including phenoxy) is 1. The molecular formula is C19H23FN2O3S. The third kappa shape index (κ3) is 4.20. The van der Waals surface area contributed by atoms with E-state index in [9.17, 15) is 14.3 Å². The van der Waals surface area contributed by atoms with Crippen molar-refractivity contribution in [1.29, 1.82) is 0 Å². The third-order valence-corrected chi connectivity index (χ3v) is 6.45. The molecule has 140 valence electrons. The lowest BCUT2D eigenvalue weighted by Gasteiger charge is -2.24. The summed E-state index contributed by atoms with van der Waals surface area (Å²) in [6.45, 7) is 0.588. The minimum absolute atomic E-state index is 0.0155. The topological polar surface area (TPSA) is 75.2 Å². The fourth-order valence-electron chi connectivity index (χ4n) is 3.31. The van der Waals surface area contributed by atoms with Gasteiger partial charge in [-0.2, -0.15) is 11.8 Å². The van der Waals surface area contributed by atoms with Gasteiger partial charge in [-0.3, -0.25) is 4.79 Å². The molecule has 26 heavy (non-hydrogen) atoms. The number of nitrogens with one attached hydrogen (secondary N) is 1. The minimum Gasteiger partial charge on any atom is -0.493 e. The number of aliphatic hydroxyl groups excluding tert-OH is 1. The summed E-state index contributed by atoms with van der Waals surface area (Å²) in [5.41, 5.74) is -0.106. The molecule has 1 heterocycles. The lowest BCUT2D eigenvalue weighted by Crippen LogP contribution is -2.20. The van der Waals surface area contributed by atoms with Crippen molar-refractivity contribution in [3.05, 3.63) is 34.1 Å². The van der Waals surface area contributed by atoms with Crippen molar-refractivity contribution in [2.45, 2.75) is 55.6 Å². The SMILES string of the molecule is O=c1[nH]c(CS[C@H]2CC[C@H](O)CC2)nc2cc(OCC3CC3)cc(F)c12. The number of nitrogens with zero attached hydrogens (tertiary/aromatic N) is 1. The summed E-state index contributed by atoms with van der Waals surface area (Å²) in [5.74, 6) is 1.53. The van der Waals surface area contributed by atoms with Crippen molar-refractivity contribution in [2.24, 2.45) is 5.92 Å². The molecule has 0 atom stereocenters. The number of thioether (sulfide) groups is 1. The van der Waals surface area contributed by atoms with Gasteiger partial charge in [-0.25, -0.2) is 9.37 Å². The summed E-state index contributed by atoms with van der Waals surface area (Å²) < 4.78 is 20.0. The monoisotopic (exact) mass is 378 g/mol. The van der Waals surface area contributed by atoms with E-state index in [4.69, 9.17) is 4.74 Å². The Morgan fingerprint density at radius 1 is 1.23 bits per heavy atom. The standard InChI is InChI=1S/C19H23FN2O3S/c20-15-7-13(25-9-11-1-2-11)8-16-18(15)19(24)22-17(21-16)10-26-14-5-3-12(23)4-6-14/h7-8,11-12,14,23H,1-6,9-10H2,(H,21,22,24)/t12-,14-. The summed E-state index contributed by atoms with van der Waals surface area (Å²) >= 11 is 1.73. The van der Waals surface area contributed by atoms with Gasteiger partial charge in [-0.05, 0) is 44.4 Å². The lowest BCUT2D eigenvalue weighted by atomic mass is 9.97. The molecule has 0 aliphatic heterocycles. The first-order valence-electron chi connectivity index (χ1n) is 9.23. The fourth-order valence-corrected chi connectivity index (χ4v) is 4.44. The highest BCUT2D eigenvalue weighted by Gasteiger charge is 2.23. The second-order valence-corrected chi connectivity index (χ2v) is 8.60. The number of benzene rings is 1. The molecule has 2 saturated carbocycles. The summed E-state index contributed by atoms with van der Waals surface area (Å²) in [4.78, 5) is 19.4. The van der Waals surface area contributed by atoms with Crippen LogP contribution in [-0.4, -0.2) is 33.0 Å². The van der Waals surface area contributed by atoms with Crippen LogP contribution in [0.25, 0.3) is 10.9 Å². The predicted octanol–water partition coefficient (Wildman–Crippen LogP) is 3.39. The van der Waals surface area contributed by atoms with Crippen molar-refractivity contribution in [3.63, 3.8) is 0 Å². The zero-order chi connectivity index (χ0) is 18.1. The van der Waals surface area contributed by atoms with Crippen LogP contribution >= 0.6 is 11.8 Å². The second kappa shape index (κ2) is 7.56. The summed E-state index contributed by atoms with van der Waals surface area (Å²) in [6, 6.07) is 2.92. The average Bonchev–Trinajstić information content (AvgIpc) is 3.43. The van der Waals surface area contributed by atoms with Crippen LogP contribution in [-0.2, 0) is 5.75 Å². The van der Waals surface area contributed by atoms with E-state index in [1.165, 1.54) is 6.07 Å². The Hall–Kier alpha value is -1.60. The Labute approximate surface area is 155 Å². The average molecular weight is 378 g/mol. The smallest absolute Gasteiger partial charge is 0.261 e. The van der Waals surface area contributed by atoms with Gasteiger partial charge in [0.25, 0.3) is 5.56 Å². The van der Waals surface area contributed by atoms with Crippen molar-refractivity contribution in [2.75, 3.05) is 6.61 Å². The predicted molar refractivity (Wildman–Crippen MR) is 100 cm³/mol. The van der Waals surface area contributed by atoms with Gasteiger partial charge < -0.3 is 14.8 Å². The van der Waals surface area contributed by atoms with Crippen molar-refractivity contribution < 1.29 is 14.2 Å². The van der Waals surface area contributed by atoms with Gasteiger partial charge in [0, 0.05) is 17.4 Å². The molecule has 0 radical (unpaired) electrons. The van der Waals surface area contributed by atoms with Crippen LogP contribution in [0.5, 0.6) is 5.75 Å². The normalized spacial score (nSPS) is 23.3. The van der Waals surface area contributed by atoms with Crippen LogP contribution in [0.4, 0.5) is 4.39 Å². The van der Waals surface area contributed by atoms with E-state index in [1.807, 2.05) is 0 Å². The summed E-state index contributed by atoms with van der Waals surface area (Å²) in [7, 11) is 0. The van der Waals surface area contributed by atoms with Crippen molar-refractivity contribution in [1.82, 2.24) is 9.97 Å². The van der Waals surface area contributed by atoms with Gasteiger partial charge >= 0.3 is 0 Å². The zero-order valence-electron chi connectivity index (χ0n) is 14.5. The lowest BCUT2D eigenvalue weighted by molar-refractivity contribution is 0.132. The summed E-state index contributed by atoms with van der Waals surface area (Å²) in [6.07, 6.45) is 5.73. The highest BCUT2D eigenvalue weighted by molar-refractivity contribution is 7.99.